The molecule has 154 valence electrons. The van der Waals surface area contributed by atoms with Gasteiger partial charge in [-0.05, 0) is 61.0 Å². The Morgan fingerprint density at radius 1 is 1.13 bits per heavy atom. The van der Waals surface area contributed by atoms with E-state index >= 15 is 0 Å². The summed E-state index contributed by atoms with van der Waals surface area (Å²) in [7, 11) is 3.28. The summed E-state index contributed by atoms with van der Waals surface area (Å²) in [6, 6.07) is 16.0. The third-order valence-electron chi connectivity index (χ3n) is 5.27. The number of aliphatic hydroxyl groups excluding tert-OH is 1. The molecule has 0 saturated heterocycles. The molecule has 2 aromatic heterocycles. The molecule has 7 nitrogen and oxygen atoms in total. The van der Waals surface area contributed by atoms with Crippen LogP contribution >= 0.6 is 0 Å². The second-order valence-corrected chi connectivity index (χ2v) is 7.14. The number of anilines is 2. The molecule has 0 unspecified atom stereocenters. The molecule has 7 heteroatoms. The van der Waals surface area contributed by atoms with Gasteiger partial charge in [0.2, 0.25) is 0 Å². The Kier molecular flexibility index (Phi) is 5.29. The maximum Gasteiger partial charge on any atom is 0.271 e. The zero-order valence-electron chi connectivity index (χ0n) is 17.2. The van der Waals surface area contributed by atoms with E-state index < -0.39 is 0 Å². The predicted octanol–water partition coefficient (Wildman–Crippen LogP) is 3.45. The van der Waals surface area contributed by atoms with Gasteiger partial charge in [-0.2, -0.15) is 5.10 Å². The number of aliphatic hydroxyl groups is 1. The number of hydrogen-bond donors (Lipinski definition) is 2. The molecule has 0 spiro atoms. The van der Waals surface area contributed by atoms with Crippen LogP contribution in [0.4, 0.5) is 11.4 Å². The van der Waals surface area contributed by atoms with Crippen molar-refractivity contribution >= 4 is 22.3 Å². The summed E-state index contributed by atoms with van der Waals surface area (Å²) in [5.74, 6) is 0.799. The molecule has 0 radical (unpaired) electrons. The topological polar surface area (TPSA) is 81.3 Å². The Balaban J connectivity index is 1.76. The first-order valence-electron chi connectivity index (χ1n) is 9.70. The molecule has 0 fully saturated rings. The summed E-state index contributed by atoms with van der Waals surface area (Å²) in [6.07, 6.45) is 1.65. The second-order valence-electron chi connectivity index (χ2n) is 7.14. The molecule has 4 aromatic rings. The number of methoxy groups -OCH3 is 1. The lowest BCUT2D eigenvalue weighted by molar-refractivity contribution is 0.278. The molecular formula is C23H24N4O3. The fraction of sp³-hybridized carbons (Fsp3) is 0.217. The largest absolute Gasteiger partial charge is 0.497 e. The van der Waals surface area contributed by atoms with Gasteiger partial charge in [-0.1, -0.05) is 0 Å². The van der Waals surface area contributed by atoms with Crippen LogP contribution < -0.4 is 15.6 Å². The van der Waals surface area contributed by atoms with E-state index in [1.54, 1.807) is 27.3 Å². The molecule has 2 heterocycles. The van der Waals surface area contributed by atoms with Crippen molar-refractivity contribution in [3.63, 3.8) is 0 Å². The smallest absolute Gasteiger partial charge is 0.271 e. The fourth-order valence-electron chi connectivity index (χ4n) is 3.62. The van der Waals surface area contributed by atoms with Crippen molar-refractivity contribution < 1.29 is 9.84 Å². The summed E-state index contributed by atoms with van der Waals surface area (Å²) in [4.78, 5) is 12.1. The molecule has 0 amide bonds. The third-order valence-corrected chi connectivity index (χ3v) is 5.27. The SMILES string of the molecule is COc1ccc(-c2cc3cc(Nc4cnn(C)c(=O)c4C)ccc3n2CCO)cc1. The van der Waals surface area contributed by atoms with E-state index in [4.69, 9.17) is 4.74 Å². The minimum Gasteiger partial charge on any atom is -0.497 e. The molecule has 0 saturated carbocycles. The Morgan fingerprint density at radius 2 is 1.90 bits per heavy atom. The molecule has 30 heavy (non-hydrogen) atoms. The lowest BCUT2D eigenvalue weighted by Crippen LogP contribution is -2.22. The number of hydrogen-bond acceptors (Lipinski definition) is 5. The summed E-state index contributed by atoms with van der Waals surface area (Å²) in [6.45, 7) is 2.32. The number of rotatable bonds is 6. The van der Waals surface area contributed by atoms with E-state index in [2.05, 4.69) is 21.0 Å². The van der Waals surface area contributed by atoms with E-state index in [0.717, 1.165) is 33.6 Å². The standard InChI is InChI=1S/C23H24N4O3/c1-15-20(14-24-26(2)23(15)29)25-18-6-9-21-17(12-18)13-22(27(21)10-11-28)16-4-7-19(30-3)8-5-16/h4-9,12-14,25,28H,10-11H2,1-3H3. The van der Waals surface area contributed by atoms with Gasteiger partial charge in [0.25, 0.3) is 5.56 Å². The fourth-order valence-corrected chi connectivity index (χ4v) is 3.62. The first-order valence-corrected chi connectivity index (χ1v) is 9.70. The summed E-state index contributed by atoms with van der Waals surface area (Å²) < 4.78 is 8.68. The second kappa shape index (κ2) is 8.04. The van der Waals surface area contributed by atoms with Crippen molar-refractivity contribution in [3.05, 3.63) is 70.6 Å². The molecule has 2 aromatic carbocycles. The number of aryl methyl sites for hydroxylation is 1. The van der Waals surface area contributed by atoms with Crippen LogP contribution in [0, 0.1) is 6.92 Å². The predicted molar refractivity (Wildman–Crippen MR) is 119 cm³/mol. The highest BCUT2D eigenvalue weighted by Crippen LogP contribution is 2.31. The van der Waals surface area contributed by atoms with Crippen LogP contribution in [0.2, 0.25) is 0 Å². The van der Waals surface area contributed by atoms with E-state index in [1.165, 1.54) is 4.68 Å². The average Bonchev–Trinajstić information content (AvgIpc) is 3.12. The van der Waals surface area contributed by atoms with Crippen LogP contribution in [0.5, 0.6) is 5.75 Å². The molecule has 2 N–H and O–H groups in total. The highest BCUT2D eigenvalue weighted by molar-refractivity contribution is 5.90. The Morgan fingerprint density at radius 3 is 2.60 bits per heavy atom. The summed E-state index contributed by atoms with van der Waals surface area (Å²) in [5, 5.41) is 18.0. The van der Waals surface area contributed by atoms with E-state index in [-0.39, 0.29) is 12.2 Å². The van der Waals surface area contributed by atoms with Crippen LogP contribution in [0.1, 0.15) is 5.56 Å². The Hall–Kier alpha value is -3.58. The maximum atomic E-state index is 12.1. The number of aromatic nitrogens is 3. The molecule has 0 aliphatic heterocycles. The quantitative estimate of drug-likeness (QED) is 0.514. The third kappa shape index (κ3) is 3.55. The number of ether oxygens (including phenoxy) is 1. The Bertz CT molecular complexity index is 1260. The number of benzene rings is 2. The average molecular weight is 404 g/mol. The highest BCUT2D eigenvalue weighted by atomic mass is 16.5. The minimum absolute atomic E-state index is 0.0467. The summed E-state index contributed by atoms with van der Waals surface area (Å²) in [5.41, 5.74) is 5.12. The van der Waals surface area contributed by atoms with E-state index in [1.807, 2.05) is 42.5 Å². The lowest BCUT2D eigenvalue weighted by atomic mass is 10.1. The molecule has 0 atom stereocenters. The molecular weight excluding hydrogens is 380 g/mol. The summed E-state index contributed by atoms with van der Waals surface area (Å²) >= 11 is 0. The van der Waals surface area contributed by atoms with Crippen molar-refractivity contribution in [2.75, 3.05) is 19.0 Å². The minimum atomic E-state index is -0.128. The maximum absolute atomic E-state index is 12.1. The van der Waals surface area contributed by atoms with Crippen molar-refractivity contribution in [2.24, 2.45) is 7.05 Å². The van der Waals surface area contributed by atoms with E-state index in [0.29, 0.717) is 17.8 Å². The first-order chi connectivity index (χ1) is 14.5. The van der Waals surface area contributed by atoms with Crippen LogP contribution in [0.15, 0.2) is 59.5 Å². The van der Waals surface area contributed by atoms with Gasteiger partial charge in [-0.25, -0.2) is 4.68 Å². The van der Waals surface area contributed by atoms with Crippen molar-refractivity contribution in [3.8, 4) is 17.0 Å². The van der Waals surface area contributed by atoms with Crippen LogP contribution in [-0.4, -0.2) is 33.2 Å². The van der Waals surface area contributed by atoms with Gasteiger partial charge in [0.15, 0.2) is 0 Å². The van der Waals surface area contributed by atoms with E-state index in [9.17, 15) is 9.90 Å². The van der Waals surface area contributed by atoms with Gasteiger partial charge < -0.3 is 19.7 Å². The van der Waals surface area contributed by atoms with Gasteiger partial charge in [-0.15, -0.1) is 0 Å². The highest BCUT2D eigenvalue weighted by Gasteiger charge is 2.12. The zero-order valence-corrected chi connectivity index (χ0v) is 17.2. The lowest BCUT2D eigenvalue weighted by Gasteiger charge is -2.11. The number of fused-ring (bicyclic) bond motifs is 1. The molecule has 0 aliphatic rings. The van der Waals surface area contributed by atoms with Crippen LogP contribution in [0.25, 0.3) is 22.2 Å². The molecule has 0 aliphatic carbocycles. The number of nitrogens with zero attached hydrogens (tertiary/aromatic N) is 3. The molecule has 0 bridgehead atoms. The first kappa shape index (κ1) is 19.7. The van der Waals surface area contributed by atoms with Gasteiger partial charge in [-0.3, -0.25) is 4.79 Å². The normalized spacial score (nSPS) is 11.1. The van der Waals surface area contributed by atoms with Gasteiger partial charge in [0, 0.05) is 41.4 Å². The Labute approximate surface area is 174 Å². The zero-order chi connectivity index (χ0) is 21.3. The van der Waals surface area contributed by atoms with Crippen LogP contribution in [0.3, 0.4) is 0 Å². The number of nitrogens with one attached hydrogen (secondary N) is 1. The monoisotopic (exact) mass is 404 g/mol. The van der Waals surface area contributed by atoms with Crippen LogP contribution in [-0.2, 0) is 13.6 Å². The van der Waals surface area contributed by atoms with Gasteiger partial charge in [0.1, 0.15) is 5.75 Å². The van der Waals surface area contributed by atoms with Crippen molar-refractivity contribution in [1.82, 2.24) is 14.3 Å². The van der Waals surface area contributed by atoms with Crippen molar-refractivity contribution in [2.45, 2.75) is 13.5 Å². The van der Waals surface area contributed by atoms with Crippen molar-refractivity contribution in [1.29, 1.82) is 0 Å². The molecule has 4 rings (SSSR count). The van der Waals surface area contributed by atoms with Gasteiger partial charge in [0.05, 0.1) is 25.6 Å². The van der Waals surface area contributed by atoms with Gasteiger partial charge >= 0.3 is 0 Å².